The van der Waals surface area contributed by atoms with Crippen LogP contribution in [-0.4, -0.2) is 31.7 Å². The second kappa shape index (κ2) is 8.05. The third kappa shape index (κ3) is 3.55. The summed E-state index contributed by atoms with van der Waals surface area (Å²) in [5.74, 6) is 0.856. The van der Waals surface area contributed by atoms with Crippen LogP contribution in [0.2, 0.25) is 0 Å². The lowest BCUT2D eigenvalue weighted by Gasteiger charge is -2.37. The Kier molecular flexibility index (Phi) is 4.95. The minimum Gasteiger partial charge on any atom is -0.281 e. The van der Waals surface area contributed by atoms with Crippen LogP contribution in [0, 0.1) is 0 Å². The summed E-state index contributed by atoms with van der Waals surface area (Å²) >= 11 is 0. The van der Waals surface area contributed by atoms with Crippen molar-refractivity contribution in [3.63, 3.8) is 0 Å². The van der Waals surface area contributed by atoms with Gasteiger partial charge in [0, 0.05) is 13.1 Å². The number of hydrogen-bond donors (Lipinski definition) is 0. The topological polar surface area (TPSA) is 46.8 Å². The normalized spacial score (nSPS) is 16.4. The van der Waals surface area contributed by atoms with Crippen LogP contribution in [0.1, 0.15) is 34.1 Å². The average molecular weight is 393 g/mol. The van der Waals surface area contributed by atoms with Gasteiger partial charge in [0.25, 0.3) is 0 Å². The number of nitrogens with zero attached hydrogens (tertiary/aromatic N) is 5. The number of benzene rings is 3. The van der Waals surface area contributed by atoms with Gasteiger partial charge >= 0.3 is 0 Å². The third-order valence-corrected chi connectivity index (χ3v) is 5.60. The Morgan fingerprint density at radius 2 is 1.43 bits per heavy atom. The molecule has 0 bridgehead atoms. The molecular weight excluding hydrogens is 370 g/mol. The van der Waals surface area contributed by atoms with E-state index in [2.05, 4.69) is 87.7 Å². The Morgan fingerprint density at radius 1 is 0.800 bits per heavy atom. The van der Waals surface area contributed by atoms with Gasteiger partial charge in [0.1, 0.15) is 0 Å². The molecular formula is C25H23N5. The molecule has 0 saturated heterocycles. The first kappa shape index (κ1) is 18.5. The molecule has 0 amide bonds. The van der Waals surface area contributed by atoms with Gasteiger partial charge in [0.2, 0.25) is 0 Å². The van der Waals surface area contributed by atoms with E-state index in [0.29, 0.717) is 6.54 Å². The van der Waals surface area contributed by atoms with Gasteiger partial charge in [-0.15, -0.1) is 5.10 Å². The summed E-state index contributed by atoms with van der Waals surface area (Å²) in [4.78, 5) is 2.41. The highest BCUT2D eigenvalue weighted by molar-refractivity contribution is 5.70. The van der Waals surface area contributed by atoms with Crippen molar-refractivity contribution in [3.8, 4) is 0 Å². The van der Waals surface area contributed by atoms with E-state index in [-0.39, 0.29) is 6.04 Å². The standard InChI is InChI=1S/C25H23N5/c1-19-16-29(17-20-10-4-2-5-11-20)24(23-15-9-8-14-22(19)23)25-26-27-28-30(25)18-21-12-6-3-7-13-21/h2-15,24H,1,16-18H2. The molecule has 5 nitrogen and oxygen atoms in total. The fourth-order valence-corrected chi connectivity index (χ4v) is 4.22. The summed E-state index contributed by atoms with van der Waals surface area (Å²) in [6.45, 7) is 6.57. The quantitative estimate of drug-likeness (QED) is 0.506. The molecule has 30 heavy (non-hydrogen) atoms. The third-order valence-electron chi connectivity index (χ3n) is 5.60. The van der Waals surface area contributed by atoms with E-state index >= 15 is 0 Å². The molecule has 0 aliphatic carbocycles. The van der Waals surface area contributed by atoms with Crippen LogP contribution in [0.5, 0.6) is 0 Å². The maximum absolute atomic E-state index is 4.48. The number of tetrazole rings is 1. The fourth-order valence-electron chi connectivity index (χ4n) is 4.22. The zero-order chi connectivity index (χ0) is 20.3. The number of rotatable bonds is 5. The van der Waals surface area contributed by atoms with Crippen molar-refractivity contribution in [3.05, 3.63) is 120 Å². The average Bonchev–Trinajstić information content (AvgIpc) is 3.23. The Labute approximate surface area is 176 Å². The van der Waals surface area contributed by atoms with Gasteiger partial charge in [-0.3, -0.25) is 4.90 Å². The molecule has 1 aliphatic rings. The van der Waals surface area contributed by atoms with Gasteiger partial charge in [-0.1, -0.05) is 91.5 Å². The molecule has 0 radical (unpaired) electrons. The molecule has 5 heteroatoms. The fraction of sp³-hybridized carbons (Fsp3) is 0.160. The predicted octanol–water partition coefficient (Wildman–Crippen LogP) is 4.34. The number of hydrogen-bond acceptors (Lipinski definition) is 4. The summed E-state index contributed by atoms with van der Waals surface area (Å²) in [5.41, 5.74) is 5.96. The van der Waals surface area contributed by atoms with Gasteiger partial charge in [-0.25, -0.2) is 4.68 Å². The molecule has 1 atom stereocenters. The van der Waals surface area contributed by atoms with Gasteiger partial charge in [-0.05, 0) is 38.3 Å². The first-order chi connectivity index (χ1) is 14.8. The van der Waals surface area contributed by atoms with Gasteiger partial charge in [0.15, 0.2) is 5.82 Å². The second-order valence-electron chi connectivity index (χ2n) is 7.66. The van der Waals surface area contributed by atoms with Gasteiger partial charge < -0.3 is 0 Å². The minimum atomic E-state index is -0.0365. The lowest BCUT2D eigenvalue weighted by Crippen LogP contribution is -2.36. The van der Waals surface area contributed by atoms with Gasteiger partial charge in [-0.2, -0.15) is 0 Å². The smallest absolute Gasteiger partial charge is 0.173 e. The molecule has 0 fully saturated rings. The Morgan fingerprint density at radius 3 is 2.17 bits per heavy atom. The van der Waals surface area contributed by atoms with Crippen molar-refractivity contribution < 1.29 is 0 Å². The van der Waals surface area contributed by atoms with Crippen LogP contribution in [0.4, 0.5) is 0 Å². The van der Waals surface area contributed by atoms with Crippen molar-refractivity contribution in [2.75, 3.05) is 6.54 Å². The Balaban J connectivity index is 1.57. The van der Waals surface area contributed by atoms with Crippen LogP contribution in [0.25, 0.3) is 5.57 Å². The molecule has 3 aromatic carbocycles. The monoisotopic (exact) mass is 393 g/mol. The highest BCUT2D eigenvalue weighted by atomic mass is 15.5. The maximum Gasteiger partial charge on any atom is 0.173 e. The highest BCUT2D eigenvalue weighted by Gasteiger charge is 2.34. The largest absolute Gasteiger partial charge is 0.281 e. The van der Waals surface area contributed by atoms with Crippen molar-refractivity contribution in [1.29, 1.82) is 0 Å². The molecule has 1 unspecified atom stereocenters. The molecule has 0 saturated carbocycles. The van der Waals surface area contributed by atoms with Crippen LogP contribution in [0.3, 0.4) is 0 Å². The van der Waals surface area contributed by atoms with Gasteiger partial charge in [0.05, 0.1) is 12.6 Å². The minimum absolute atomic E-state index is 0.0365. The SMILES string of the molecule is C=C1CN(Cc2ccccc2)C(c2nnnn2Cc2ccccc2)c2ccccc21. The first-order valence-corrected chi connectivity index (χ1v) is 10.1. The molecule has 0 spiro atoms. The predicted molar refractivity (Wildman–Crippen MR) is 118 cm³/mol. The summed E-state index contributed by atoms with van der Waals surface area (Å²) < 4.78 is 1.92. The van der Waals surface area contributed by atoms with Crippen LogP contribution in [0.15, 0.2) is 91.5 Å². The maximum atomic E-state index is 4.48. The number of aromatic nitrogens is 4. The molecule has 0 N–H and O–H groups in total. The number of fused-ring (bicyclic) bond motifs is 1. The van der Waals surface area contributed by atoms with E-state index in [1.165, 1.54) is 22.3 Å². The summed E-state index contributed by atoms with van der Waals surface area (Å²) in [7, 11) is 0. The van der Waals surface area contributed by atoms with Crippen LogP contribution in [-0.2, 0) is 13.1 Å². The Bertz CT molecular complexity index is 1150. The molecule has 1 aliphatic heterocycles. The van der Waals surface area contributed by atoms with E-state index < -0.39 is 0 Å². The van der Waals surface area contributed by atoms with E-state index in [1.807, 2.05) is 28.9 Å². The molecule has 4 aromatic rings. The lowest BCUT2D eigenvalue weighted by molar-refractivity contribution is 0.224. The first-order valence-electron chi connectivity index (χ1n) is 10.1. The molecule has 2 heterocycles. The van der Waals surface area contributed by atoms with Crippen molar-refractivity contribution >= 4 is 5.57 Å². The molecule has 5 rings (SSSR count). The summed E-state index contributed by atoms with van der Waals surface area (Å²) in [6.07, 6.45) is 0. The highest BCUT2D eigenvalue weighted by Crippen LogP contribution is 2.38. The van der Waals surface area contributed by atoms with E-state index in [0.717, 1.165) is 24.5 Å². The van der Waals surface area contributed by atoms with E-state index in [4.69, 9.17) is 0 Å². The summed E-state index contributed by atoms with van der Waals surface area (Å²) in [6, 6.07) is 29.3. The van der Waals surface area contributed by atoms with Crippen molar-refractivity contribution in [2.45, 2.75) is 19.1 Å². The second-order valence-corrected chi connectivity index (χ2v) is 7.66. The van der Waals surface area contributed by atoms with Crippen molar-refractivity contribution in [2.24, 2.45) is 0 Å². The summed E-state index contributed by atoms with van der Waals surface area (Å²) in [5, 5.41) is 12.8. The molecule has 148 valence electrons. The Hall–Kier alpha value is -3.57. The van der Waals surface area contributed by atoms with Crippen LogP contribution >= 0.6 is 0 Å². The van der Waals surface area contributed by atoms with E-state index in [9.17, 15) is 0 Å². The van der Waals surface area contributed by atoms with E-state index in [1.54, 1.807) is 0 Å². The molecule has 1 aromatic heterocycles. The van der Waals surface area contributed by atoms with Crippen LogP contribution < -0.4 is 0 Å². The zero-order valence-electron chi connectivity index (χ0n) is 16.7. The lowest BCUT2D eigenvalue weighted by atomic mass is 9.89. The zero-order valence-corrected chi connectivity index (χ0v) is 16.7. The van der Waals surface area contributed by atoms with Crippen molar-refractivity contribution in [1.82, 2.24) is 25.1 Å².